The normalized spacial score (nSPS) is 15.1. The lowest BCUT2D eigenvalue weighted by molar-refractivity contribution is -0.0146. The van der Waals surface area contributed by atoms with E-state index >= 15 is 0 Å². The lowest BCUT2D eigenvalue weighted by Gasteiger charge is -2.20. The molecule has 2 amide bonds. The number of rotatable bonds is 3. The van der Waals surface area contributed by atoms with Crippen LogP contribution in [0.1, 0.15) is 20.7 Å². The van der Waals surface area contributed by atoms with Gasteiger partial charge in [0.25, 0.3) is 17.7 Å². The molecule has 0 aromatic heterocycles. The van der Waals surface area contributed by atoms with Gasteiger partial charge in [-0.3, -0.25) is 14.5 Å². The van der Waals surface area contributed by atoms with Gasteiger partial charge in [0.2, 0.25) is 0 Å². The Balaban J connectivity index is 2.39. The molecule has 102 valence electrons. The van der Waals surface area contributed by atoms with Gasteiger partial charge < -0.3 is 5.73 Å². The summed E-state index contributed by atoms with van der Waals surface area (Å²) in [6.07, 6.45) is 0. The summed E-state index contributed by atoms with van der Waals surface area (Å²) in [5.74, 6) is -8.29. The average Bonchev–Trinajstić information content (AvgIpc) is 2.56. The highest BCUT2D eigenvalue weighted by Crippen LogP contribution is 2.27. The van der Waals surface area contributed by atoms with Crippen molar-refractivity contribution in [2.24, 2.45) is 5.73 Å². The zero-order valence-corrected chi connectivity index (χ0v) is 9.42. The van der Waals surface area contributed by atoms with Crippen LogP contribution in [-0.4, -0.2) is 35.7 Å². The molecular weight excluding hydrogens is 268 g/mol. The van der Waals surface area contributed by atoms with Crippen LogP contribution in [0, 0.1) is 11.6 Å². The number of nitrogens with zero attached hydrogens (tertiary/aromatic N) is 1. The Bertz CT molecular complexity index is 533. The molecule has 4 nitrogen and oxygen atoms in total. The third-order valence-electron chi connectivity index (χ3n) is 2.70. The summed E-state index contributed by atoms with van der Waals surface area (Å²) in [5.41, 5.74) is 3.94. The van der Waals surface area contributed by atoms with Crippen molar-refractivity contribution >= 4 is 11.8 Å². The fourth-order valence-corrected chi connectivity index (χ4v) is 1.72. The summed E-state index contributed by atoms with van der Waals surface area (Å²) in [7, 11) is 0. The molecule has 1 aliphatic heterocycles. The maximum absolute atomic E-state index is 13.1. The third kappa shape index (κ3) is 2.19. The Morgan fingerprint density at radius 3 is 1.84 bits per heavy atom. The van der Waals surface area contributed by atoms with Gasteiger partial charge in [0.1, 0.15) is 0 Å². The Labute approximate surface area is 104 Å². The molecule has 2 N–H and O–H groups in total. The van der Waals surface area contributed by atoms with Crippen LogP contribution in [0.2, 0.25) is 0 Å². The van der Waals surface area contributed by atoms with Crippen molar-refractivity contribution in [3.05, 3.63) is 34.9 Å². The minimum absolute atomic E-state index is 0.233. The van der Waals surface area contributed by atoms with Gasteiger partial charge in [-0.2, -0.15) is 0 Å². The van der Waals surface area contributed by atoms with E-state index in [1.165, 1.54) is 0 Å². The zero-order valence-electron chi connectivity index (χ0n) is 9.42. The minimum Gasteiger partial charge on any atom is -0.325 e. The molecule has 0 bridgehead atoms. The largest absolute Gasteiger partial charge is 0.325 e. The fraction of sp³-hybridized carbons (Fsp3) is 0.273. The lowest BCUT2D eigenvalue weighted by Crippen LogP contribution is -2.44. The van der Waals surface area contributed by atoms with Crippen LogP contribution >= 0.6 is 0 Å². The first-order valence-electron chi connectivity index (χ1n) is 5.20. The lowest BCUT2D eigenvalue weighted by atomic mass is 10.1. The van der Waals surface area contributed by atoms with Crippen molar-refractivity contribution in [2.75, 3.05) is 13.1 Å². The Morgan fingerprint density at radius 2 is 1.47 bits per heavy atom. The van der Waals surface area contributed by atoms with Gasteiger partial charge in [0.05, 0.1) is 24.2 Å². The molecule has 8 heteroatoms. The standard InChI is InChI=1S/C11H8F4N2O2/c12-7-1-5-6(2-8(7)13)10(19)17(9(5)18)4-11(14,15)3-16/h1-2H,3-4,16H2. The van der Waals surface area contributed by atoms with Gasteiger partial charge in [-0.1, -0.05) is 0 Å². The molecule has 1 aromatic carbocycles. The summed E-state index contributed by atoms with van der Waals surface area (Å²) in [6.45, 7) is -2.28. The zero-order chi connectivity index (χ0) is 14.4. The molecule has 0 saturated heterocycles. The van der Waals surface area contributed by atoms with Crippen molar-refractivity contribution in [1.82, 2.24) is 4.90 Å². The highest BCUT2D eigenvalue weighted by atomic mass is 19.3. The van der Waals surface area contributed by atoms with Gasteiger partial charge >= 0.3 is 0 Å². The van der Waals surface area contributed by atoms with Crippen LogP contribution in [0.15, 0.2) is 12.1 Å². The molecule has 1 aliphatic rings. The molecule has 0 aliphatic carbocycles. The molecule has 2 rings (SSSR count). The van der Waals surface area contributed by atoms with E-state index in [0.717, 1.165) is 0 Å². The predicted molar refractivity (Wildman–Crippen MR) is 55.7 cm³/mol. The van der Waals surface area contributed by atoms with Gasteiger partial charge in [-0.05, 0) is 12.1 Å². The van der Waals surface area contributed by atoms with Gasteiger partial charge in [0, 0.05) is 0 Å². The number of amides is 2. The first kappa shape index (κ1) is 13.5. The summed E-state index contributed by atoms with van der Waals surface area (Å²) < 4.78 is 52.2. The number of halogens is 4. The second kappa shape index (κ2) is 4.30. The highest BCUT2D eigenvalue weighted by molar-refractivity contribution is 6.21. The van der Waals surface area contributed by atoms with Crippen molar-refractivity contribution in [1.29, 1.82) is 0 Å². The minimum atomic E-state index is -3.45. The number of hydrogen-bond donors (Lipinski definition) is 1. The third-order valence-corrected chi connectivity index (χ3v) is 2.70. The number of imide groups is 1. The highest BCUT2D eigenvalue weighted by Gasteiger charge is 2.42. The van der Waals surface area contributed by atoms with Crippen LogP contribution in [-0.2, 0) is 0 Å². The number of carbonyl (C=O) groups is 2. The number of alkyl halides is 2. The van der Waals surface area contributed by atoms with E-state index in [-0.39, 0.29) is 4.90 Å². The first-order valence-corrected chi connectivity index (χ1v) is 5.20. The van der Waals surface area contributed by atoms with Gasteiger partial charge in [0.15, 0.2) is 11.6 Å². The maximum atomic E-state index is 13.1. The molecule has 19 heavy (non-hydrogen) atoms. The molecule has 0 radical (unpaired) electrons. The number of hydrogen-bond acceptors (Lipinski definition) is 3. The molecule has 1 heterocycles. The molecule has 0 fully saturated rings. The quantitative estimate of drug-likeness (QED) is 0.665. The topological polar surface area (TPSA) is 63.4 Å². The molecule has 0 atom stereocenters. The van der Waals surface area contributed by atoms with Crippen LogP contribution in [0.25, 0.3) is 0 Å². The second-order valence-electron chi connectivity index (χ2n) is 4.07. The van der Waals surface area contributed by atoms with E-state index in [0.29, 0.717) is 12.1 Å². The van der Waals surface area contributed by atoms with Crippen molar-refractivity contribution < 1.29 is 27.2 Å². The van der Waals surface area contributed by atoms with E-state index in [1.807, 2.05) is 0 Å². The van der Waals surface area contributed by atoms with E-state index in [9.17, 15) is 27.2 Å². The van der Waals surface area contributed by atoms with E-state index in [4.69, 9.17) is 5.73 Å². The molecule has 0 saturated carbocycles. The molecule has 0 unspecified atom stereocenters. The number of nitrogens with two attached hydrogens (primary N) is 1. The molecule has 1 aromatic rings. The summed E-state index contributed by atoms with van der Waals surface area (Å²) in [4.78, 5) is 23.6. The maximum Gasteiger partial charge on any atom is 0.277 e. The predicted octanol–water partition coefficient (Wildman–Crippen LogP) is 1.15. The van der Waals surface area contributed by atoms with E-state index in [1.54, 1.807) is 0 Å². The Hall–Kier alpha value is -1.96. The number of carbonyl (C=O) groups excluding carboxylic acids is 2. The summed E-state index contributed by atoms with van der Waals surface area (Å²) >= 11 is 0. The van der Waals surface area contributed by atoms with Gasteiger partial charge in [-0.25, -0.2) is 17.6 Å². The van der Waals surface area contributed by atoms with Crippen molar-refractivity contribution in [3.8, 4) is 0 Å². The summed E-state index contributed by atoms with van der Waals surface area (Å²) in [6, 6.07) is 1.04. The Kier molecular flexibility index (Phi) is 3.05. The van der Waals surface area contributed by atoms with Crippen LogP contribution in [0.3, 0.4) is 0 Å². The smallest absolute Gasteiger partial charge is 0.277 e. The SMILES string of the molecule is NCC(F)(F)CN1C(=O)c2cc(F)c(F)cc2C1=O. The molecule has 0 spiro atoms. The van der Waals surface area contributed by atoms with Crippen molar-refractivity contribution in [2.45, 2.75) is 5.92 Å². The molecular formula is C11H8F4N2O2. The monoisotopic (exact) mass is 276 g/mol. The van der Waals surface area contributed by atoms with Gasteiger partial charge in [-0.15, -0.1) is 0 Å². The van der Waals surface area contributed by atoms with Crippen molar-refractivity contribution in [3.63, 3.8) is 0 Å². The Morgan fingerprint density at radius 1 is 1.05 bits per heavy atom. The number of benzene rings is 1. The second-order valence-corrected chi connectivity index (χ2v) is 4.07. The fourth-order valence-electron chi connectivity index (χ4n) is 1.72. The van der Waals surface area contributed by atoms with Crippen LogP contribution in [0.5, 0.6) is 0 Å². The van der Waals surface area contributed by atoms with Crippen LogP contribution < -0.4 is 5.73 Å². The summed E-state index contributed by atoms with van der Waals surface area (Å²) in [5, 5.41) is 0. The van der Waals surface area contributed by atoms with E-state index < -0.39 is 53.6 Å². The van der Waals surface area contributed by atoms with E-state index in [2.05, 4.69) is 0 Å². The average molecular weight is 276 g/mol. The van der Waals surface area contributed by atoms with Crippen LogP contribution in [0.4, 0.5) is 17.6 Å². The number of fused-ring (bicyclic) bond motifs is 1. The first-order chi connectivity index (χ1) is 8.76.